The molecule has 0 aliphatic rings. The minimum absolute atomic E-state index is 0.0149. The summed E-state index contributed by atoms with van der Waals surface area (Å²) in [6.45, 7) is 4.17. The molecule has 8 nitrogen and oxygen atoms in total. The topological polar surface area (TPSA) is 98.4 Å². The molecular formula is C23H26ClN5O3. The summed E-state index contributed by atoms with van der Waals surface area (Å²) in [6, 6.07) is 14.0. The van der Waals surface area contributed by atoms with E-state index in [0.29, 0.717) is 34.0 Å². The Kier molecular flexibility index (Phi) is 7.61. The summed E-state index contributed by atoms with van der Waals surface area (Å²) in [5.41, 5.74) is 0.888. The van der Waals surface area contributed by atoms with Crippen LogP contribution in [0.4, 0.5) is 5.69 Å². The zero-order valence-electron chi connectivity index (χ0n) is 18.3. The van der Waals surface area contributed by atoms with Gasteiger partial charge in [0.25, 0.3) is 5.56 Å². The van der Waals surface area contributed by atoms with Crippen molar-refractivity contribution in [2.24, 2.45) is 0 Å². The Hall–Kier alpha value is -3.23. The first-order valence-electron chi connectivity index (χ1n) is 10.2. The molecule has 0 bridgehead atoms. The second-order valence-electron chi connectivity index (χ2n) is 7.81. The number of nitrogens with zero attached hydrogens (tertiary/aromatic N) is 3. The number of fused-ring (bicyclic) bond motifs is 1. The smallest absolute Gasteiger partial charge is 0.258 e. The van der Waals surface area contributed by atoms with Crippen LogP contribution in [0.1, 0.15) is 19.7 Å². The number of likely N-dealkylation sites (N-methyl/N-ethyl adjacent to an activating group) is 1. The fraction of sp³-hybridized carbons (Fsp3) is 0.304. The second-order valence-corrected chi connectivity index (χ2v) is 8.21. The number of anilines is 1. The predicted molar refractivity (Wildman–Crippen MR) is 126 cm³/mol. The molecule has 2 aromatic carbocycles. The normalized spacial score (nSPS) is 11.2. The van der Waals surface area contributed by atoms with Crippen LogP contribution in [0.15, 0.2) is 53.3 Å². The van der Waals surface area contributed by atoms with E-state index < -0.39 is 0 Å². The van der Waals surface area contributed by atoms with Crippen LogP contribution in [0, 0.1) is 0 Å². The van der Waals surface area contributed by atoms with Gasteiger partial charge in [0.1, 0.15) is 5.82 Å². The summed E-state index contributed by atoms with van der Waals surface area (Å²) in [5.74, 6) is -0.0870. The standard InChI is InChI=1S/C23H26ClN5O3/c1-15(2)29(12-20-25-18-10-6-4-8-16(18)23(32)27-20)14-22(31)28(3)13-21(30)26-19-11-7-5-9-17(19)24/h4-11,15H,12-14H2,1-3H3,(H,26,30)(H,25,27,32). The number of halogens is 1. The number of carbonyl (C=O) groups excluding carboxylic acids is 2. The average Bonchev–Trinajstić information content (AvgIpc) is 2.74. The fourth-order valence-corrected chi connectivity index (χ4v) is 3.36. The van der Waals surface area contributed by atoms with Gasteiger partial charge in [-0.3, -0.25) is 19.3 Å². The maximum Gasteiger partial charge on any atom is 0.258 e. The summed E-state index contributed by atoms with van der Waals surface area (Å²) in [7, 11) is 1.57. The number of aromatic amines is 1. The van der Waals surface area contributed by atoms with Crippen LogP contribution in [-0.4, -0.2) is 57.8 Å². The zero-order valence-corrected chi connectivity index (χ0v) is 19.0. The summed E-state index contributed by atoms with van der Waals surface area (Å²) in [6.07, 6.45) is 0. The Morgan fingerprint density at radius 2 is 1.78 bits per heavy atom. The second kappa shape index (κ2) is 10.4. The third kappa shape index (κ3) is 5.93. The van der Waals surface area contributed by atoms with E-state index in [1.54, 1.807) is 49.5 Å². The van der Waals surface area contributed by atoms with Crippen LogP contribution in [0.2, 0.25) is 5.02 Å². The van der Waals surface area contributed by atoms with Gasteiger partial charge in [0.15, 0.2) is 0 Å². The van der Waals surface area contributed by atoms with Gasteiger partial charge in [0.2, 0.25) is 11.8 Å². The van der Waals surface area contributed by atoms with Crippen molar-refractivity contribution in [1.82, 2.24) is 19.8 Å². The van der Waals surface area contributed by atoms with Gasteiger partial charge in [0.05, 0.1) is 41.2 Å². The van der Waals surface area contributed by atoms with Gasteiger partial charge >= 0.3 is 0 Å². The Morgan fingerprint density at radius 1 is 1.09 bits per heavy atom. The summed E-state index contributed by atoms with van der Waals surface area (Å²) >= 11 is 6.06. The monoisotopic (exact) mass is 455 g/mol. The number of H-pyrrole nitrogens is 1. The van der Waals surface area contributed by atoms with E-state index in [1.807, 2.05) is 24.8 Å². The van der Waals surface area contributed by atoms with Crippen molar-refractivity contribution in [2.75, 3.05) is 25.5 Å². The third-order valence-electron chi connectivity index (χ3n) is 5.04. The molecule has 168 valence electrons. The van der Waals surface area contributed by atoms with Crippen LogP contribution < -0.4 is 10.9 Å². The predicted octanol–water partition coefficient (Wildman–Crippen LogP) is 2.88. The number of para-hydroxylation sites is 2. The van der Waals surface area contributed by atoms with Crippen molar-refractivity contribution in [1.29, 1.82) is 0 Å². The molecule has 0 unspecified atom stereocenters. The minimum Gasteiger partial charge on any atom is -0.335 e. The molecule has 0 spiro atoms. The molecule has 32 heavy (non-hydrogen) atoms. The molecule has 1 aromatic heterocycles. The van der Waals surface area contributed by atoms with Crippen molar-refractivity contribution in [3.05, 3.63) is 69.7 Å². The number of aromatic nitrogens is 2. The Morgan fingerprint density at radius 3 is 2.50 bits per heavy atom. The molecule has 0 saturated heterocycles. The molecule has 0 aliphatic heterocycles. The maximum atomic E-state index is 12.8. The van der Waals surface area contributed by atoms with Crippen molar-refractivity contribution in [3.8, 4) is 0 Å². The fourth-order valence-electron chi connectivity index (χ4n) is 3.17. The quantitative estimate of drug-likeness (QED) is 0.544. The highest BCUT2D eigenvalue weighted by molar-refractivity contribution is 6.33. The van der Waals surface area contributed by atoms with Gasteiger partial charge in [-0.05, 0) is 38.1 Å². The first kappa shape index (κ1) is 23.4. The lowest BCUT2D eigenvalue weighted by Crippen LogP contribution is -2.44. The van der Waals surface area contributed by atoms with Gasteiger partial charge in [-0.15, -0.1) is 0 Å². The minimum atomic E-state index is -0.342. The van der Waals surface area contributed by atoms with Crippen molar-refractivity contribution >= 4 is 40.0 Å². The van der Waals surface area contributed by atoms with Crippen molar-refractivity contribution in [3.63, 3.8) is 0 Å². The number of amides is 2. The lowest BCUT2D eigenvalue weighted by Gasteiger charge is -2.27. The van der Waals surface area contributed by atoms with E-state index in [0.717, 1.165) is 0 Å². The molecule has 2 amide bonds. The molecular weight excluding hydrogens is 430 g/mol. The van der Waals surface area contributed by atoms with Crippen LogP contribution in [0.3, 0.4) is 0 Å². The first-order valence-corrected chi connectivity index (χ1v) is 10.6. The van der Waals surface area contributed by atoms with Crippen LogP contribution in [0.5, 0.6) is 0 Å². The average molecular weight is 456 g/mol. The summed E-state index contributed by atoms with van der Waals surface area (Å²) in [4.78, 5) is 48.0. The number of carbonyl (C=O) groups is 2. The molecule has 9 heteroatoms. The highest BCUT2D eigenvalue weighted by Crippen LogP contribution is 2.20. The van der Waals surface area contributed by atoms with Gasteiger partial charge in [-0.1, -0.05) is 35.9 Å². The molecule has 2 N–H and O–H groups in total. The Balaban J connectivity index is 1.64. The molecule has 0 saturated carbocycles. The largest absolute Gasteiger partial charge is 0.335 e. The first-order chi connectivity index (χ1) is 15.2. The van der Waals surface area contributed by atoms with Gasteiger partial charge in [-0.25, -0.2) is 4.98 Å². The van der Waals surface area contributed by atoms with Crippen molar-refractivity contribution in [2.45, 2.75) is 26.4 Å². The third-order valence-corrected chi connectivity index (χ3v) is 5.37. The number of nitrogens with one attached hydrogen (secondary N) is 2. The number of benzene rings is 2. The van der Waals surface area contributed by atoms with E-state index in [1.165, 1.54) is 4.90 Å². The summed E-state index contributed by atoms with van der Waals surface area (Å²) in [5, 5.41) is 3.66. The highest BCUT2D eigenvalue weighted by atomic mass is 35.5. The van der Waals surface area contributed by atoms with E-state index in [4.69, 9.17) is 11.6 Å². The molecule has 0 atom stereocenters. The van der Waals surface area contributed by atoms with Crippen LogP contribution >= 0.6 is 11.6 Å². The van der Waals surface area contributed by atoms with E-state index in [9.17, 15) is 14.4 Å². The van der Waals surface area contributed by atoms with E-state index in [2.05, 4.69) is 15.3 Å². The van der Waals surface area contributed by atoms with Gasteiger partial charge in [-0.2, -0.15) is 0 Å². The van der Waals surface area contributed by atoms with E-state index in [-0.39, 0.29) is 36.5 Å². The molecule has 0 radical (unpaired) electrons. The lowest BCUT2D eigenvalue weighted by molar-refractivity contribution is -0.134. The number of rotatable bonds is 8. The summed E-state index contributed by atoms with van der Waals surface area (Å²) < 4.78 is 0. The maximum absolute atomic E-state index is 12.8. The number of hydrogen-bond acceptors (Lipinski definition) is 5. The van der Waals surface area contributed by atoms with Crippen LogP contribution in [0.25, 0.3) is 10.9 Å². The van der Waals surface area contributed by atoms with Gasteiger partial charge in [0, 0.05) is 13.1 Å². The zero-order chi connectivity index (χ0) is 23.3. The molecule has 3 rings (SSSR count). The SMILES string of the molecule is CC(C)N(CC(=O)N(C)CC(=O)Nc1ccccc1Cl)Cc1nc2ccccc2c(=O)[nH]1. The molecule has 3 aromatic rings. The van der Waals surface area contributed by atoms with Gasteiger partial charge < -0.3 is 15.2 Å². The molecule has 0 aliphatic carbocycles. The Labute approximate surface area is 191 Å². The molecule has 0 fully saturated rings. The van der Waals surface area contributed by atoms with Crippen molar-refractivity contribution < 1.29 is 9.59 Å². The molecule has 1 heterocycles. The highest BCUT2D eigenvalue weighted by Gasteiger charge is 2.20. The Bertz CT molecular complexity index is 1180. The number of hydrogen-bond donors (Lipinski definition) is 2. The lowest BCUT2D eigenvalue weighted by atomic mass is 10.2. The van der Waals surface area contributed by atoms with Crippen LogP contribution in [-0.2, 0) is 16.1 Å². The van der Waals surface area contributed by atoms with E-state index >= 15 is 0 Å².